The summed E-state index contributed by atoms with van der Waals surface area (Å²) in [6.45, 7) is 0.540. The van der Waals surface area contributed by atoms with Gasteiger partial charge in [0.25, 0.3) is 0 Å². The van der Waals surface area contributed by atoms with Crippen molar-refractivity contribution in [3.8, 4) is 0 Å². The Labute approximate surface area is 114 Å². The second kappa shape index (κ2) is 5.90. The molecule has 1 aliphatic heterocycles. The number of hydrogen-bond donors (Lipinski definition) is 2. The largest absolute Gasteiger partial charge is 0.480 e. The molecule has 1 unspecified atom stereocenters. The van der Waals surface area contributed by atoms with Gasteiger partial charge in [-0.2, -0.15) is 0 Å². The van der Waals surface area contributed by atoms with Crippen LogP contribution < -0.4 is 5.32 Å². The smallest absolute Gasteiger partial charge is 0.328 e. The predicted molar refractivity (Wildman–Crippen MR) is 69.4 cm³/mol. The van der Waals surface area contributed by atoms with E-state index in [1.807, 2.05) is 0 Å². The van der Waals surface area contributed by atoms with E-state index in [4.69, 9.17) is 21.4 Å². The quantitative estimate of drug-likeness (QED) is 0.866. The summed E-state index contributed by atoms with van der Waals surface area (Å²) in [5, 5.41) is 12.1. The topological polar surface area (TPSA) is 78.9 Å². The molecule has 1 atom stereocenters. The van der Waals surface area contributed by atoms with Crippen molar-refractivity contribution in [1.29, 1.82) is 0 Å². The summed E-state index contributed by atoms with van der Waals surface area (Å²) in [6.07, 6.45) is 0. The molecule has 1 aromatic carbocycles. The molecule has 1 aromatic rings. The fraction of sp³-hybridized carbons (Fsp3) is 0.333. The van der Waals surface area contributed by atoms with Gasteiger partial charge in [0.1, 0.15) is 0 Å². The summed E-state index contributed by atoms with van der Waals surface area (Å²) in [7, 11) is 0. The van der Waals surface area contributed by atoms with Crippen LogP contribution in [0.15, 0.2) is 24.3 Å². The lowest BCUT2D eigenvalue weighted by Gasteiger charge is -2.32. The van der Waals surface area contributed by atoms with E-state index in [-0.39, 0.29) is 13.2 Å². The van der Waals surface area contributed by atoms with Crippen molar-refractivity contribution in [2.45, 2.75) is 6.04 Å². The SMILES string of the molecule is O=C(O)C1COCCN1C(=O)Nc1ccccc1Cl. The van der Waals surface area contributed by atoms with Crippen LogP contribution in [-0.2, 0) is 9.53 Å². The van der Waals surface area contributed by atoms with E-state index < -0.39 is 18.0 Å². The van der Waals surface area contributed by atoms with Gasteiger partial charge in [-0.3, -0.25) is 0 Å². The first kappa shape index (κ1) is 13.6. The van der Waals surface area contributed by atoms with Gasteiger partial charge in [0, 0.05) is 6.54 Å². The number of para-hydroxylation sites is 1. The number of ether oxygens (including phenoxy) is 1. The van der Waals surface area contributed by atoms with Gasteiger partial charge in [-0.1, -0.05) is 23.7 Å². The second-order valence-corrected chi connectivity index (χ2v) is 4.44. The van der Waals surface area contributed by atoms with Crippen LogP contribution in [0.3, 0.4) is 0 Å². The predicted octanol–water partition coefficient (Wildman–Crippen LogP) is 1.66. The van der Waals surface area contributed by atoms with Gasteiger partial charge < -0.3 is 20.1 Å². The van der Waals surface area contributed by atoms with Gasteiger partial charge in [-0.25, -0.2) is 9.59 Å². The third kappa shape index (κ3) is 3.15. The summed E-state index contributed by atoms with van der Waals surface area (Å²) >= 11 is 5.93. The molecule has 0 radical (unpaired) electrons. The average Bonchev–Trinajstić information content (AvgIpc) is 2.41. The van der Waals surface area contributed by atoms with Gasteiger partial charge in [-0.15, -0.1) is 0 Å². The van der Waals surface area contributed by atoms with Crippen molar-refractivity contribution >= 4 is 29.3 Å². The number of nitrogens with one attached hydrogen (secondary N) is 1. The van der Waals surface area contributed by atoms with E-state index in [0.29, 0.717) is 17.3 Å². The molecule has 19 heavy (non-hydrogen) atoms. The van der Waals surface area contributed by atoms with Crippen LogP contribution in [0, 0.1) is 0 Å². The van der Waals surface area contributed by atoms with Crippen molar-refractivity contribution in [3.63, 3.8) is 0 Å². The Morgan fingerprint density at radius 3 is 2.84 bits per heavy atom. The molecule has 2 N–H and O–H groups in total. The highest BCUT2D eigenvalue weighted by Crippen LogP contribution is 2.21. The van der Waals surface area contributed by atoms with Crippen LogP contribution in [0.4, 0.5) is 10.5 Å². The number of carbonyl (C=O) groups is 2. The number of anilines is 1. The molecular weight excluding hydrogens is 272 g/mol. The zero-order valence-corrected chi connectivity index (χ0v) is 10.8. The van der Waals surface area contributed by atoms with E-state index >= 15 is 0 Å². The first-order valence-electron chi connectivity index (χ1n) is 5.72. The minimum absolute atomic E-state index is 0.00866. The van der Waals surface area contributed by atoms with Crippen molar-refractivity contribution in [3.05, 3.63) is 29.3 Å². The zero-order valence-electron chi connectivity index (χ0n) is 10.0. The third-order valence-electron chi connectivity index (χ3n) is 2.79. The molecule has 1 saturated heterocycles. The van der Waals surface area contributed by atoms with Crippen molar-refractivity contribution in [2.24, 2.45) is 0 Å². The Balaban J connectivity index is 2.10. The van der Waals surface area contributed by atoms with E-state index in [2.05, 4.69) is 5.32 Å². The molecule has 102 valence electrons. The fourth-order valence-corrected chi connectivity index (χ4v) is 1.98. The summed E-state index contributed by atoms with van der Waals surface area (Å²) in [6, 6.07) is 5.30. The minimum Gasteiger partial charge on any atom is -0.480 e. The van der Waals surface area contributed by atoms with Crippen LogP contribution in [0.2, 0.25) is 5.02 Å². The van der Waals surface area contributed by atoms with E-state index in [0.717, 1.165) is 0 Å². The molecular formula is C12H13ClN2O4. The summed E-state index contributed by atoms with van der Waals surface area (Å²) in [5.41, 5.74) is 0.449. The summed E-state index contributed by atoms with van der Waals surface area (Å²) < 4.78 is 5.07. The fourth-order valence-electron chi connectivity index (χ4n) is 1.80. The molecule has 1 fully saturated rings. The molecule has 2 amide bonds. The Morgan fingerprint density at radius 2 is 2.16 bits per heavy atom. The Bertz CT molecular complexity index is 494. The number of hydrogen-bond acceptors (Lipinski definition) is 3. The van der Waals surface area contributed by atoms with Gasteiger partial charge in [0.2, 0.25) is 0 Å². The standard InChI is InChI=1S/C12H13ClN2O4/c13-8-3-1-2-4-9(8)14-12(18)15-5-6-19-7-10(15)11(16)17/h1-4,10H,5-7H2,(H,14,18)(H,16,17). The number of carbonyl (C=O) groups excluding carboxylic acids is 1. The molecule has 0 aromatic heterocycles. The van der Waals surface area contributed by atoms with Gasteiger partial charge in [0.15, 0.2) is 6.04 Å². The van der Waals surface area contributed by atoms with Gasteiger partial charge >= 0.3 is 12.0 Å². The first-order chi connectivity index (χ1) is 9.09. The number of aliphatic carboxylic acids is 1. The molecule has 0 bridgehead atoms. The molecule has 2 rings (SSSR count). The van der Waals surface area contributed by atoms with Crippen molar-refractivity contribution in [2.75, 3.05) is 25.1 Å². The number of morpholine rings is 1. The summed E-state index contributed by atoms with van der Waals surface area (Å²) in [4.78, 5) is 24.4. The molecule has 0 spiro atoms. The first-order valence-corrected chi connectivity index (χ1v) is 6.10. The number of benzene rings is 1. The maximum atomic E-state index is 12.1. The molecule has 0 saturated carbocycles. The number of carboxylic acid groups (broad SMARTS) is 1. The molecule has 6 nitrogen and oxygen atoms in total. The average molecular weight is 285 g/mol. The highest BCUT2D eigenvalue weighted by Gasteiger charge is 2.32. The van der Waals surface area contributed by atoms with E-state index in [9.17, 15) is 9.59 Å². The monoisotopic (exact) mass is 284 g/mol. The van der Waals surface area contributed by atoms with E-state index in [1.54, 1.807) is 24.3 Å². The lowest BCUT2D eigenvalue weighted by Crippen LogP contribution is -2.53. The number of carboxylic acids is 1. The van der Waals surface area contributed by atoms with Crippen LogP contribution in [0.5, 0.6) is 0 Å². The zero-order chi connectivity index (χ0) is 13.8. The number of nitrogens with zero attached hydrogens (tertiary/aromatic N) is 1. The molecule has 7 heteroatoms. The lowest BCUT2D eigenvalue weighted by molar-refractivity contribution is -0.147. The van der Waals surface area contributed by atoms with Crippen molar-refractivity contribution in [1.82, 2.24) is 4.90 Å². The van der Waals surface area contributed by atoms with Gasteiger partial charge in [-0.05, 0) is 12.1 Å². The number of halogens is 1. The lowest BCUT2D eigenvalue weighted by atomic mass is 10.2. The highest BCUT2D eigenvalue weighted by atomic mass is 35.5. The van der Waals surface area contributed by atoms with Crippen LogP contribution >= 0.6 is 11.6 Å². The summed E-state index contributed by atoms with van der Waals surface area (Å²) in [5.74, 6) is -1.09. The molecule has 0 aliphatic carbocycles. The van der Waals surface area contributed by atoms with Crippen molar-refractivity contribution < 1.29 is 19.4 Å². The number of rotatable bonds is 2. The number of amides is 2. The third-order valence-corrected chi connectivity index (χ3v) is 3.12. The second-order valence-electron chi connectivity index (χ2n) is 4.03. The Morgan fingerprint density at radius 1 is 1.42 bits per heavy atom. The maximum Gasteiger partial charge on any atom is 0.328 e. The van der Waals surface area contributed by atoms with E-state index in [1.165, 1.54) is 4.90 Å². The van der Waals surface area contributed by atoms with Crippen LogP contribution in [-0.4, -0.2) is 47.8 Å². The van der Waals surface area contributed by atoms with Gasteiger partial charge in [0.05, 0.1) is 23.9 Å². The molecule has 1 heterocycles. The normalized spacial score (nSPS) is 19.0. The molecule has 1 aliphatic rings. The highest BCUT2D eigenvalue weighted by molar-refractivity contribution is 6.33. The number of urea groups is 1. The Hall–Kier alpha value is -1.79. The van der Waals surface area contributed by atoms with Crippen LogP contribution in [0.25, 0.3) is 0 Å². The van der Waals surface area contributed by atoms with Crippen LogP contribution in [0.1, 0.15) is 0 Å². The maximum absolute atomic E-state index is 12.1. The Kier molecular flexibility index (Phi) is 4.24. The minimum atomic E-state index is -1.09.